The number of hydrogen-bond donors (Lipinski definition) is 1. The van der Waals surface area contributed by atoms with E-state index in [-0.39, 0.29) is 18.6 Å². The van der Waals surface area contributed by atoms with Gasteiger partial charge in [0.25, 0.3) is 5.91 Å². The van der Waals surface area contributed by atoms with Gasteiger partial charge in [-0.25, -0.2) is 4.98 Å². The average molecular weight is 335 g/mol. The van der Waals surface area contributed by atoms with Crippen LogP contribution in [0.4, 0.5) is 0 Å². The number of piperidine rings is 1. The Kier molecular flexibility index (Phi) is 4.81. The third kappa shape index (κ3) is 3.64. The Labute approximate surface area is 139 Å². The number of benzene rings is 1. The lowest BCUT2D eigenvalue weighted by atomic mass is 10.0. The number of H-pyrrole nitrogens is 1. The number of likely N-dealkylation sites (tertiary alicyclic amines) is 1. The number of amides is 1. The van der Waals surface area contributed by atoms with Crippen LogP contribution in [0.3, 0.4) is 0 Å². The average Bonchev–Trinajstić information content (AvgIpc) is 3.10. The number of nitrogens with one attached hydrogen (secondary N) is 1. The van der Waals surface area contributed by atoms with Crippen molar-refractivity contribution in [2.45, 2.75) is 32.2 Å². The number of hydrogen-bond acceptors (Lipinski definition) is 4. The van der Waals surface area contributed by atoms with Crippen LogP contribution in [0.1, 0.15) is 36.7 Å². The van der Waals surface area contributed by atoms with Crippen LogP contribution in [0.2, 0.25) is 5.02 Å². The molecule has 1 aliphatic heterocycles. The van der Waals surface area contributed by atoms with E-state index in [4.69, 9.17) is 16.3 Å². The molecule has 1 saturated heterocycles. The number of carbonyl (C=O) groups excluding carboxylic acids is 1. The van der Waals surface area contributed by atoms with E-state index in [1.807, 2.05) is 17.9 Å². The molecule has 23 heavy (non-hydrogen) atoms. The molecule has 0 aliphatic carbocycles. The Hall–Kier alpha value is -2.08. The molecule has 1 fully saturated rings. The van der Waals surface area contributed by atoms with Gasteiger partial charge in [-0.05, 0) is 49.9 Å². The molecule has 1 N–H and O–H groups in total. The summed E-state index contributed by atoms with van der Waals surface area (Å²) in [6.07, 6.45) is 4.43. The van der Waals surface area contributed by atoms with Gasteiger partial charge in [0, 0.05) is 11.6 Å². The first-order chi connectivity index (χ1) is 11.1. The summed E-state index contributed by atoms with van der Waals surface area (Å²) < 4.78 is 5.63. The van der Waals surface area contributed by atoms with Crippen molar-refractivity contribution in [3.05, 3.63) is 40.9 Å². The second-order valence-corrected chi connectivity index (χ2v) is 6.08. The smallest absolute Gasteiger partial charge is 0.261 e. The van der Waals surface area contributed by atoms with Gasteiger partial charge < -0.3 is 9.64 Å². The number of rotatable bonds is 4. The van der Waals surface area contributed by atoms with Crippen molar-refractivity contribution >= 4 is 17.5 Å². The molecular formula is C16H19ClN4O2. The first-order valence-electron chi connectivity index (χ1n) is 7.69. The number of aryl methyl sites for hydroxylation is 1. The molecule has 1 aromatic heterocycles. The molecule has 3 rings (SSSR count). The molecular weight excluding hydrogens is 316 g/mol. The van der Waals surface area contributed by atoms with Crippen LogP contribution < -0.4 is 4.74 Å². The number of aromatic amines is 1. The number of nitrogens with zero attached hydrogens (tertiary/aromatic N) is 3. The van der Waals surface area contributed by atoms with Crippen LogP contribution >= 0.6 is 11.6 Å². The predicted molar refractivity (Wildman–Crippen MR) is 86.4 cm³/mol. The van der Waals surface area contributed by atoms with Crippen LogP contribution in [-0.4, -0.2) is 39.1 Å². The fraction of sp³-hybridized carbons (Fsp3) is 0.438. The highest BCUT2D eigenvalue weighted by Gasteiger charge is 2.30. The minimum Gasteiger partial charge on any atom is -0.484 e. The second-order valence-electron chi connectivity index (χ2n) is 5.67. The predicted octanol–water partition coefficient (Wildman–Crippen LogP) is 2.90. The molecule has 1 aromatic carbocycles. The zero-order valence-electron chi connectivity index (χ0n) is 13.0. The summed E-state index contributed by atoms with van der Waals surface area (Å²) in [6.45, 7) is 2.63. The van der Waals surface area contributed by atoms with E-state index < -0.39 is 0 Å². The van der Waals surface area contributed by atoms with E-state index in [1.54, 1.807) is 12.1 Å². The van der Waals surface area contributed by atoms with Gasteiger partial charge in [-0.3, -0.25) is 9.89 Å². The van der Waals surface area contributed by atoms with Crippen molar-refractivity contribution in [2.24, 2.45) is 0 Å². The quantitative estimate of drug-likeness (QED) is 0.933. The largest absolute Gasteiger partial charge is 0.484 e. The van der Waals surface area contributed by atoms with Crippen molar-refractivity contribution in [1.29, 1.82) is 0 Å². The lowest BCUT2D eigenvalue weighted by Crippen LogP contribution is -2.41. The lowest BCUT2D eigenvalue weighted by molar-refractivity contribution is -0.137. The van der Waals surface area contributed by atoms with E-state index in [0.29, 0.717) is 17.3 Å². The monoisotopic (exact) mass is 334 g/mol. The highest BCUT2D eigenvalue weighted by atomic mass is 35.5. The van der Waals surface area contributed by atoms with Crippen LogP contribution in [-0.2, 0) is 4.79 Å². The molecule has 122 valence electrons. The van der Waals surface area contributed by atoms with Gasteiger partial charge in [-0.2, -0.15) is 5.10 Å². The highest BCUT2D eigenvalue weighted by Crippen LogP contribution is 2.28. The van der Waals surface area contributed by atoms with Crippen molar-refractivity contribution in [2.75, 3.05) is 13.2 Å². The lowest BCUT2D eigenvalue weighted by Gasteiger charge is -2.34. The Bertz CT molecular complexity index is 675. The van der Waals surface area contributed by atoms with E-state index in [0.717, 1.165) is 30.7 Å². The summed E-state index contributed by atoms with van der Waals surface area (Å²) in [6, 6.07) is 5.33. The topological polar surface area (TPSA) is 71.1 Å². The summed E-state index contributed by atoms with van der Waals surface area (Å²) in [7, 11) is 0. The zero-order valence-corrected chi connectivity index (χ0v) is 13.7. The third-order valence-electron chi connectivity index (χ3n) is 4.06. The van der Waals surface area contributed by atoms with Crippen LogP contribution in [0.5, 0.6) is 5.75 Å². The molecule has 0 saturated carbocycles. The van der Waals surface area contributed by atoms with Gasteiger partial charge in [0.2, 0.25) is 0 Å². The minimum absolute atomic E-state index is 0.00566. The normalized spacial score (nSPS) is 18.0. The molecule has 0 spiro atoms. The Balaban J connectivity index is 1.65. The van der Waals surface area contributed by atoms with Crippen molar-refractivity contribution in [3.63, 3.8) is 0 Å². The number of halogens is 1. The van der Waals surface area contributed by atoms with Crippen LogP contribution in [0.25, 0.3) is 0 Å². The van der Waals surface area contributed by atoms with Gasteiger partial charge >= 0.3 is 0 Å². The van der Waals surface area contributed by atoms with Crippen LogP contribution in [0, 0.1) is 6.92 Å². The molecule has 0 unspecified atom stereocenters. The number of carbonyl (C=O) groups is 1. The number of aromatic nitrogens is 3. The summed E-state index contributed by atoms with van der Waals surface area (Å²) in [5.74, 6) is 1.34. The minimum atomic E-state index is -0.0469. The fourth-order valence-corrected chi connectivity index (χ4v) is 2.94. The second kappa shape index (κ2) is 7.00. The van der Waals surface area contributed by atoms with E-state index in [1.165, 1.54) is 6.33 Å². The maximum Gasteiger partial charge on any atom is 0.261 e. The molecule has 0 radical (unpaired) electrons. The third-order valence-corrected chi connectivity index (χ3v) is 4.49. The van der Waals surface area contributed by atoms with Gasteiger partial charge in [0.15, 0.2) is 6.61 Å². The molecule has 2 aromatic rings. The number of ether oxygens (including phenoxy) is 1. The molecule has 6 nitrogen and oxygen atoms in total. The molecule has 0 bridgehead atoms. The van der Waals surface area contributed by atoms with Crippen LogP contribution in [0.15, 0.2) is 24.5 Å². The summed E-state index contributed by atoms with van der Waals surface area (Å²) in [4.78, 5) is 18.6. The maximum atomic E-state index is 12.5. The molecule has 1 aliphatic rings. The van der Waals surface area contributed by atoms with Crippen molar-refractivity contribution in [1.82, 2.24) is 20.1 Å². The molecule has 2 heterocycles. The van der Waals surface area contributed by atoms with E-state index in [2.05, 4.69) is 15.2 Å². The van der Waals surface area contributed by atoms with Crippen molar-refractivity contribution < 1.29 is 9.53 Å². The van der Waals surface area contributed by atoms with Gasteiger partial charge in [0.05, 0.1) is 6.04 Å². The summed E-state index contributed by atoms with van der Waals surface area (Å²) >= 11 is 5.99. The fourth-order valence-electron chi connectivity index (χ4n) is 2.82. The summed E-state index contributed by atoms with van der Waals surface area (Å²) in [5.41, 5.74) is 0.925. The standard InChI is InChI=1S/C16H19ClN4O2/c1-11-8-12(5-6-13(11)17)23-9-15(22)21-7-3-2-4-14(21)16-18-10-19-20-16/h5-6,8,10,14H,2-4,7,9H2,1H3,(H,18,19,20)/t14-/m1/s1. The van der Waals surface area contributed by atoms with Gasteiger partial charge in [-0.1, -0.05) is 11.6 Å². The molecule has 1 amide bonds. The SMILES string of the molecule is Cc1cc(OCC(=O)N2CCCC[C@@H]2c2ncn[nH]2)ccc1Cl. The Morgan fingerprint density at radius 2 is 2.35 bits per heavy atom. The van der Waals surface area contributed by atoms with E-state index >= 15 is 0 Å². The Morgan fingerprint density at radius 1 is 1.48 bits per heavy atom. The first kappa shape index (κ1) is 15.8. The maximum absolute atomic E-state index is 12.5. The zero-order chi connectivity index (χ0) is 16.2. The van der Waals surface area contributed by atoms with Gasteiger partial charge in [0.1, 0.15) is 17.9 Å². The van der Waals surface area contributed by atoms with Gasteiger partial charge in [-0.15, -0.1) is 0 Å². The first-order valence-corrected chi connectivity index (χ1v) is 8.06. The highest BCUT2D eigenvalue weighted by molar-refractivity contribution is 6.31. The molecule has 7 heteroatoms. The Morgan fingerprint density at radius 3 is 3.09 bits per heavy atom. The van der Waals surface area contributed by atoms with E-state index in [9.17, 15) is 4.79 Å². The molecule has 1 atom stereocenters. The van der Waals surface area contributed by atoms with Crippen molar-refractivity contribution in [3.8, 4) is 5.75 Å². The summed E-state index contributed by atoms with van der Waals surface area (Å²) in [5, 5.41) is 7.44.